The summed E-state index contributed by atoms with van der Waals surface area (Å²) in [7, 11) is 1.88. The first kappa shape index (κ1) is 12.4. The van der Waals surface area contributed by atoms with Gasteiger partial charge in [-0.2, -0.15) is 0 Å². The Kier molecular flexibility index (Phi) is 3.40. The second kappa shape index (κ2) is 4.67. The maximum Gasteiger partial charge on any atom is 0.226 e. The van der Waals surface area contributed by atoms with Crippen LogP contribution in [0.5, 0.6) is 0 Å². The van der Waals surface area contributed by atoms with Gasteiger partial charge in [-0.05, 0) is 31.9 Å². The molecular weight excluding hydrogens is 236 g/mol. The number of alkyl halides is 1. The summed E-state index contributed by atoms with van der Waals surface area (Å²) in [4.78, 5) is 9.97. The number of aryl methyl sites for hydroxylation is 3. The SMILES string of the molecule is Cc1cc(C)c(C2N=C(CCl)ON2C)c(C)c1. The van der Waals surface area contributed by atoms with Crippen LogP contribution in [-0.4, -0.2) is 23.9 Å². The summed E-state index contributed by atoms with van der Waals surface area (Å²) in [6.45, 7) is 6.32. The minimum Gasteiger partial charge on any atom is -0.387 e. The summed E-state index contributed by atoms with van der Waals surface area (Å²) in [5.74, 6) is 0.892. The van der Waals surface area contributed by atoms with Gasteiger partial charge in [-0.15, -0.1) is 16.7 Å². The largest absolute Gasteiger partial charge is 0.387 e. The van der Waals surface area contributed by atoms with Crippen LogP contribution in [0.3, 0.4) is 0 Å². The van der Waals surface area contributed by atoms with Crippen LogP contribution in [0.1, 0.15) is 28.4 Å². The van der Waals surface area contributed by atoms with Gasteiger partial charge in [-0.3, -0.25) is 0 Å². The third kappa shape index (κ3) is 2.31. The molecule has 0 radical (unpaired) electrons. The molecule has 1 aliphatic heterocycles. The first-order chi connectivity index (χ1) is 8.02. The van der Waals surface area contributed by atoms with Gasteiger partial charge < -0.3 is 4.84 Å². The van der Waals surface area contributed by atoms with E-state index in [0.717, 1.165) is 0 Å². The lowest BCUT2D eigenvalue weighted by molar-refractivity contribution is -0.0584. The third-order valence-electron chi connectivity index (χ3n) is 2.97. The molecule has 0 N–H and O–H groups in total. The maximum absolute atomic E-state index is 5.75. The molecule has 17 heavy (non-hydrogen) atoms. The van der Waals surface area contributed by atoms with E-state index in [4.69, 9.17) is 16.4 Å². The Labute approximate surface area is 107 Å². The number of rotatable bonds is 2. The fraction of sp³-hybridized carbons (Fsp3) is 0.462. The normalized spacial score (nSPS) is 20.3. The molecule has 1 aromatic rings. The highest BCUT2D eigenvalue weighted by Gasteiger charge is 2.28. The summed E-state index contributed by atoms with van der Waals surface area (Å²) in [5.41, 5.74) is 4.95. The molecule has 0 spiro atoms. The zero-order valence-electron chi connectivity index (χ0n) is 10.6. The van der Waals surface area contributed by atoms with Crippen LogP contribution in [-0.2, 0) is 4.84 Å². The lowest BCUT2D eigenvalue weighted by Gasteiger charge is -2.20. The van der Waals surface area contributed by atoms with Crippen molar-refractivity contribution in [3.05, 3.63) is 34.4 Å². The van der Waals surface area contributed by atoms with E-state index < -0.39 is 0 Å². The number of benzene rings is 1. The van der Waals surface area contributed by atoms with Crippen molar-refractivity contribution in [3.8, 4) is 0 Å². The molecule has 1 unspecified atom stereocenters. The van der Waals surface area contributed by atoms with Crippen LogP contribution in [0.2, 0.25) is 0 Å². The maximum atomic E-state index is 5.75. The van der Waals surface area contributed by atoms with Gasteiger partial charge in [-0.25, -0.2) is 4.99 Å². The Morgan fingerprint density at radius 2 is 1.88 bits per heavy atom. The van der Waals surface area contributed by atoms with E-state index in [-0.39, 0.29) is 6.17 Å². The van der Waals surface area contributed by atoms with Gasteiger partial charge in [0.15, 0.2) is 6.17 Å². The van der Waals surface area contributed by atoms with Crippen molar-refractivity contribution in [1.29, 1.82) is 0 Å². The molecule has 0 saturated carbocycles. The second-order valence-corrected chi connectivity index (χ2v) is 4.75. The third-order valence-corrected chi connectivity index (χ3v) is 3.20. The average molecular weight is 253 g/mol. The van der Waals surface area contributed by atoms with Crippen LogP contribution in [0.15, 0.2) is 17.1 Å². The highest BCUT2D eigenvalue weighted by atomic mass is 35.5. The van der Waals surface area contributed by atoms with E-state index in [2.05, 4.69) is 37.9 Å². The van der Waals surface area contributed by atoms with E-state index in [9.17, 15) is 0 Å². The molecule has 0 aliphatic carbocycles. The van der Waals surface area contributed by atoms with Crippen LogP contribution in [0.4, 0.5) is 0 Å². The van der Waals surface area contributed by atoms with Crippen LogP contribution in [0.25, 0.3) is 0 Å². The van der Waals surface area contributed by atoms with E-state index in [1.165, 1.54) is 22.3 Å². The summed E-state index contributed by atoms with van der Waals surface area (Å²) in [5, 5.41) is 1.75. The van der Waals surface area contributed by atoms with Gasteiger partial charge in [0, 0.05) is 12.6 Å². The number of hydroxylamine groups is 2. The summed E-state index contributed by atoms with van der Waals surface area (Å²) in [6, 6.07) is 4.34. The Morgan fingerprint density at radius 3 is 2.35 bits per heavy atom. The number of aliphatic imine (C=N–C) groups is 1. The van der Waals surface area contributed by atoms with E-state index in [0.29, 0.717) is 11.8 Å². The molecule has 1 aliphatic rings. The Bertz CT molecular complexity index is 447. The summed E-state index contributed by atoms with van der Waals surface area (Å²) >= 11 is 5.75. The Morgan fingerprint density at radius 1 is 1.29 bits per heavy atom. The smallest absolute Gasteiger partial charge is 0.226 e. The average Bonchev–Trinajstić information content (AvgIpc) is 2.59. The van der Waals surface area contributed by atoms with Crippen molar-refractivity contribution in [2.75, 3.05) is 12.9 Å². The molecule has 2 rings (SSSR count). The molecule has 0 amide bonds. The number of hydrogen-bond donors (Lipinski definition) is 0. The molecule has 1 atom stereocenters. The van der Waals surface area contributed by atoms with Gasteiger partial charge in [0.25, 0.3) is 0 Å². The van der Waals surface area contributed by atoms with Gasteiger partial charge in [-0.1, -0.05) is 17.7 Å². The first-order valence-corrected chi connectivity index (χ1v) is 6.17. The van der Waals surface area contributed by atoms with Crippen LogP contribution in [0, 0.1) is 20.8 Å². The van der Waals surface area contributed by atoms with Crippen molar-refractivity contribution in [3.63, 3.8) is 0 Å². The standard InChI is InChI=1S/C13H17ClN2O/c1-8-5-9(2)12(10(3)6-8)13-15-11(7-14)17-16(13)4/h5-6,13H,7H2,1-4H3. The quantitative estimate of drug-likeness (QED) is 0.756. The fourth-order valence-electron chi connectivity index (χ4n) is 2.36. The predicted octanol–water partition coefficient (Wildman–Crippen LogP) is 3.12. The monoisotopic (exact) mass is 252 g/mol. The molecule has 0 bridgehead atoms. The second-order valence-electron chi connectivity index (χ2n) is 4.48. The van der Waals surface area contributed by atoms with Crippen molar-refractivity contribution in [2.45, 2.75) is 26.9 Å². The summed E-state index contributed by atoms with van der Waals surface area (Å²) in [6.07, 6.45) is -0.0793. The van der Waals surface area contributed by atoms with Crippen molar-refractivity contribution in [1.82, 2.24) is 5.06 Å². The Hall–Kier alpha value is -1.06. The number of halogens is 1. The fourth-order valence-corrected chi connectivity index (χ4v) is 2.48. The Balaban J connectivity index is 2.44. The minimum absolute atomic E-state index is 0.0793. The topological polar surface area (TPSA) is 24.8 Å². The minimum atomic E-state index is -0.0793. The van der Waals surface area contributed by atoms with E-state index in [1.807, 2.05) is 7.05 Å². The molecule has 3 nitrogen and oxygen atoms in total. The number of nitrogens with zero attached hydrogens (tertiary/aromatic N) is 2. The molecule has 1 heterocycles. The zero-order chi connectivity index (χ0) is 12.6. The first-order valence-electron chi connectivity index (χ1n) is 5.64. The van der Waals surface area contributed by atoms with E-state index >= 15 is 0 Å². The molecule has 0 saturated heterocycles. The van der Waals surface area contributed by atoms with Gasteiger partial charge in [0.2, 0.25) is 5.90 Å². The van der Waals surface area contributed by atoms with Crippen molar-refractivity contribution in [2.24, 2.45) is 4.99 Å². The highest BCUT2D eigenvalue weighted by Crippen LogP contribution is 2.32. The number of hydrogen-bond acceptors (Lipinski definition) is 3. The van der Waals surface area contributed by atoms with Gasteiger partial charge in [0.05, 0.1) is 0 Å². The van der Waals surface area contributed by atoms with Crippen molar-refractivity contribution < 1.29 is 4.84 Å². The molecular formula is C13H17ClN2O. The lowest BCUT2D eigenvalue weighted by atomic mass is 9.98. The predicted molar refractivity (Wildman–Crippen MR) is 70.4 cm³/mol. The zero-order valence-corrected chi connectivity index (χ0v) is 11.4. The van der Waals surface area contributed by atoms with Crippen molar-refractivity contribution >= 4 is 17.5 Å². The lowest BCUT2D eigenvalue weighted by Crippen LogP contribution is -2.20. The van der Waals surface area contributed by atoms with E-state index in [1.54, 1.807) is 5.06 Å². The summed E-state index contributed by atoms with van der Waals surface area (Å²) < 4.78 is 0. The van der Waals surface area contributed by atoms with Crippen LogP contribution >= 0.6 is 11.6 Å². The highest BCUT2D eigenvalue weighted by molar-refractivity contribution is 6.27. The molecule has 4 heteroatoms. The molecule has 0 aromatic heterocycles. The molecule has 0 fully saturated rings. The molecule has 1 aromatic carbocycles. The van der Waals surface area contributed by atoms with Gasteiger partial charge in [0.1, 0.15) is 5.88 Å². The molecule has 92 valence electrons. The van der Waals surface area contributed by atoms with Crippen LogP contribution < -0.4 is 0 Å². The van der Waals surface area contributed by atoms with Gasteiger partial charge >= 0.3 is 0 Å².